The highest BCUT2D eigenvalue weighted by atomic mass is 35.5. The van der Waals surface area contributed by atoms with Gasteiger partial charge >= 0.3 is 0 Å². The molecule has 5 heteroatoms. The molecular formula is C22H29ClN2O2. The van der Waals surface area contributed by atoms with E-state index in [4.69, 9.17) is 16.3 Å². The second-order valence-electron chi connectivity index (χ2n) is 7.17. The third-order valence-electron chi connectivity index (χ3n) is 4.89. The predicted octanol–water partition coefficient (Wildman–Crippen LogP) is 3.86. The summed E-state index contributed by atoms with van der Waals surface area (Å²) in [6.07, 6.45) is 3.34. The molecule has 2 N–H and O–H groups in total. The van der Waals surface area contributed by atoms with Crippen LogP contribution in [-0.2, 0) is 13.1 Å². The van der Waals surface area contributed by atoms with E-state index in [9.17, 15) is 5.11 Å². The lowest BCUT2D eigenvalue weighted by Crippen LogP contribution is -2.38. The number of hydrogen-bond acceptors (Lipinski definition) is 4. The van der Waals surface area contributed by atoms with Crippen molar-refractivity contribution in [2.45, 2.75) is 38.5 Å². The lowest BCUT2D eigenvalue weighted by Gasteiger charge is -2.28. The molecule has 0 amide bonds. The van der Waals surface area contributed by atoms with Crippen molar-refractivity contribution in [1.29, 1.82) is 0 Å². The fraction of sp³-hybridized carbons (Fsp3) is 0.455. The van der Waals surface area contributed by atoms with Gasteiger partial charge in [0.05, 0.1) is 0 Å². The summed E-state index contributed by atoms with van der Waals surface area (Å²) in [5, 5.41) is 14.4. The third kappa shape index (κ3) is 6.82. The van der Waals surface area contributed by atoms with Crippen LogP contribution in [0.5, 0.6) is 5.75 Å². The molecule has 2 aromatic rings. The molecule has 1 saturated heterocycles. The number of aliphatic hydroxyl groups excluding tert-OH is 1. The molecule has 1 aliphatic heterocycles. The van der Waals surface area contributed by atoms with Crippen molar-refractivity contribution < 1.29 is 9.84 Å². The first-order valence-corrected chi connectivity index (χ1v) is 10.1. The van der Waals surface area contributed by atoms with Crippen LogP contribution >= 0.6 is 11.6 Å². The summed E-state index contributed by atoms with van der Waals surface area (Å²) < 4.78 is 5.74. The normalized spacial score (nSPS) is 16.2. The van der Waals surface area contributed by atoms with Gasteiger partial charge in [-0.05, 0) is 55.3 Å². The van der Waals surface area contributed by atoms with Crippen LogP contribution in [0.4, 0.5) is 0 Å². The molecule has 27 heavy (non-hydrogen) atoms. The zero-order valence-electron chi connectivity index (χ0n) is 15.7. The Labute approximate surface area is 167 Å². The summed E-state index contributed by atoms with van der Waals surface area (Å²) in [5.41, 5.74) is 2.28. The second-order valence-corrected chi connectivity index (χ2v) is 7.57. The number of likely N-dealkylation sites (tertiary alicyclic amines) is 1. The molecule has 1 fully saturated rings. The first-order valence-electron chi connectivity index (χ1n) is 9.77. The number of rotatable bonds is 9. The average molecular weight is 389 g/mol. The van der Waals surface area contributed by atoms with E-state index in [0.717, 1.165) is 42.5 Å². The number of aliphatic hydroxyl groups is 1. The largest absolute Gasteiger partial charge is 0.491 e. The maximum absolute atomic E-state index is 10.2. The average Bonchev–Trinajstić information content (AvgIpc) is 2.70. The van der Waals surface area contributed by atoms with Gasteiger partial charge in [0.1, 0.15) is 18.5 Å². The second kappa shape index (κ2) is 10.7. The number of ether oxygens (including phenoxy) is 1. The van der Waals surface area contributed by atoms with Crippen molar-refractivity contribution in [3.63, 3.8) is 0 Å². The van der Waals surface area contributed by atoms with Gasteiger partial charge < -0.3 is 20.1 Å². The molecule has 0 radical (unpaired) electrons. The standard InChI is InChI=1S/C22H29ClN2O2/c23-22-7-3-2-6-19(22)15-24-14-18-8-10-21(11-9-18)27-17-20(26)16-25-12-4-1-5-13-25/h2-3,6-11,20,24,26H,1,4-5,12-17H2/t20-/m0/s1. The van der Waals surface area contributed by atoms with Gasteiger partial charge in [0.2, 0.25) is 0 Å². The zero-order valence-corrected chi connectivity index (χ0v) is 16.5. The molecule has 0 spiro atoms. The minimum absolute atomic E-state index is 0.334. The summed E-state index contributed by atoms with van der Waals surface area (Å²) in [6, 6.07) is 15.9. The topological polar surface area (TPSA) is 44.7 Å². The number of nitrogens with zero attached hydrogens (tertiary/aromatic N) is 1. The van der Waals surface area contributed by atoms with Crippen molar-refractivity contribution in [2.75, 3.05) is 26.2 Å². The summed E-state index contributed by atoms with van der Waals surface area (Å²) in [4.78, 5) is 2.32. The molecule has 1 heterocycles. The molecule has 0 aliphatic carbocycles. The van der Waals surface area contributed by atoms with Crippen molar-refractivity contribution >= 4 is 11.6 Å². The minimum atomic E-state index is -0.444. The number of piperidine rings is 1. The van der Waals surface area contributed by atoms with Crippen LogP contribution < -0.4 is 10.1 Å². The van der Waals surface area contributed by atoms with Crippen LogP contribution in [-0.4, -0.2) is 42.4 Å². The van der Waals surface area contributed by atoms with Crippen LogP contribution in [0.2, 0.25) is 5.02 Å². The van der Waals surface area contributed by atoms with E-state index >= 15 is 0 Å². The summed E-state index contributed by atoms with van der Waals surface area (Å²) in [5.74, 6) is 0.794. The molecular weight excluding hydrogens is 360 g/mol. The van der Waals surface area contributed by atoms with Crippen LogP contribution in [0.25, 0.3) is 0 Å². The number of halogens is 1. The van der Waals surface area contributed by atoms with Crippen molar-refractivity contribution in [2.24, 2.45) is 0 Å². The Balaban J connectivity index is 1.37. The van der Waals surface area contributed by atoms with E-state index in [1.54, 1.807) is 0 Å². The molecule has 0 saturated carbocycles. The van der Waals surface area contributed by atoms with Gasteiger partial charge in [-0.25, -0.2) is 0 Å². The van der Waals surface area contributed by atoms with Gasteiger partial charge in [-0.2, -0.15) is 0 Å². The lowest BCUT2D eigenvalue weighted by atomic mass is 10.1. The van der Waals surface area contributed by atoms with Crippen molar-refractivity contribution in [3.8, 4) is 5.75 Å². The summed E-state index contributed by atoms with van der Waals surface area (Å²) >= 11 is 6.17. The Morgan fingerprint density at radius 1 is 1.00 bits per heavy atom. The SMILES string of the molecule is O[C@H](COc1ccc(CNCc2ccccc2Cl)cc1)CN1CCCCC1. The maximum atomic E-state index is 10.2. The molecule has 3 rings (SSSR count). The van der Waals surface area contributed by atoms with E-state index in [-0.39, 0.29) is 0 Å². The summed E-state index contributed by atoms with van der Waals surface area (Å²) in [7, 11) is 0. The van der Waals surface area contributed by atoms with E-state index in [1.807, 2.05) is 48.5 Å². The first kappa shape index (κ1) is 20.2. The monoisotopic (exact) mass is 388 g/mol. The van der Waals surface area contributed by atoms with Gasteiger partial charge in [-0.3, -0.25) is 0 Å². The van der Waals surface area contributed by atoms with E-state index < -0.39 is 6.10 Å². The Morgan fingerprint density at radius 3 is 2.48 bits per heavy atom. The van der Waals surface area contributed by atoms with Gasteiger partial charge in [0.15, 0.2) is 0 Å². The number of benzene rings is 2. The van der Waals surface area contributed by atoms with E-state index in [0.29, 0.717) is 13.2 Å². The smallest absolute Gasteiger partial charge is 0.119 e. The third-order valence-corrected chi connectivity index (χ3v) is 5.25. The quantitative estimate of drug-likeness (QED) is 0.684. The molecule has 0 aromatic heterocycles. The van der Waals surface area contributed by atoms with Crippen molar-refractivity contribution in [1.82, 2.24) is 10.2 Å². The highest BCUT2D eigenvalue weighted by Gasteiger charge is 2.15. The van der Waals surface area contributed by atoms with E-state index in [2.05, 4.69) is 10.2 Å². The van der Waals surface area contributed by atoms with Crippen LogP contribution in [0.3, 0.4) is 0 Å². The number of nitrogens with one attached hydrogen (secondary N) is 1. The zero-order chi connectivity index (χ0) is 18.9. The van der Waals surface area contributed by atoms with Gasteiger partial charge in [-0.1, -0.05) is 48.4 Å². The highest BCUT2D eigenvalue weighted by Crippen LogP contribution is 2.16. The van der Waals surface area contributed by atoms with Gasteiger partial charge in [-0.15, -0.1) is 0 Å². The molecule has 0 unspecified atom stereocenters. The predicted molar refractivity (Wildman–Crippen MR) is 110 cm³/mol. The molecule has 4 nitrogen and oxygen atoms in total. The maximum Gasteiger partial charge on any atom is 0.119 e. The first-order chi connectivity index (χ1) is 13.2. The Bertz CT molecular complexity index is 687. The molecule has 146 valence electrons. The Hall–Kier alpha value is -1.59. The van der Waals surface area contributed by atoms with Crippen LogP contribution in [0.15, 0.2) is 48.5 Å². The molecule has 2 aromatic carbocycles. The highest BCUT2D eigenvalue weighted by molar-refractivity contribution is 6.31. The number of hydrogen-bond donors (Lipinski definition) is 2. The van der Waals surface area contributed by atoms with Crippen LogP contribution in [0.1, 0.15) is 30.4 Å². The van der Waals surface area contributed by atoms with E-state index in [1.165, 1.54) is 24.8 Å². The molecule has 1 aliphatic rings. The Kier molecular flexibility index (Phi) is 7.96. The summed E-state index contributed by atoms with van der Waals surface area (Å²) in [6.45, 7) is 4.72. The van der Waals surface area contributed by atoms with Crippen molar-refractivity contribution in [3.05, 3.63) is 64.7 Å². The fourth-order valence-electron chi connectivity index (χ4n) is 3.37. The minimum Gasteiger partial charge on any atom is -0.491 e. The van der Waals surface area contributed by atoms with Crippen LogP contribution in [0, 0.1) is 0 Å². The van der Waals surface area contributed by atoms with Gasteiger partial charge in [0, 0.05) is 24.7 Å². The Morgan fingerprint density at radius 2 is 1.74 bits per heavy atom. The molecule has 0 bridgehead atoms. The molecule has 1 atom stereocenters. The number of β-amino-alcohol motifs (C(OH)–C–C–N with tert-alkyl or cyclic N) is 1. The lowest BCUT2D eigenvalue weighted by molar-refractivity contribution is 0.0617. The fourth-order valence-corrected chi connectivity index (χ4v) is 3.57. The van der Waals surface area contributed by atoms with Gasteiger partial charge in [0.25, 0.3) is 0 Å².